The van der Waals surface area contributed by atoms with Crippen LogP contribution < -0.4 is 0 Å². The molecule has 0 saturated carbocycles. The van der Waals surface area contributed by atoms with Gasteiger partial charge in [-0.25, -0.2) is 0 Å². The van der Waals surface area contributed by atoms with E-state index in [-0.39, 0.29) is 0 Å². The van der Waals surface area contributed by atoms with Gasteiger partial charge < -0.3 is 13.6 Å². The Morgan fingerprint density at radius 2 is 1.00 bits per heavy atom. The summed E-state index contributed by atoms with van der Waals surface area (Å²) >= 11 is 0. The minimum Gasteiger partial charge on any atom is -0.456 e. The van der Waals surface area contributed by atoms with Crippen molar-refractivity contribution in [1.29, 1.82) is 0 Å². The molecule has 12 rings (SSSR count). The molecule has 49 heavy (non-hydrogen) atoms. The zero-order valence-electron chi connectivity index (χ0n) is 26.3. The van der Waals surface area contributed by atoms with Crippen LogP contribution in [0.25, 0.3) is 110 Å². The molecule has 1 aliphatic rings. The van der Waals surface area contributed by atoms with Gasteiger partial charge in [0.15, 0.2) is 0 Å². The lowest BCUT2D eigenvalue weighted by atomic mass is 10.0. The quantitative estimate of drug-likeness (QED) is 0.188. The summed E-state index contributed by atoms with van der Waals surface area (Å²) in [6.45, 7) is 0. The molecule has 0 saturated heterocycles. The van der Waals surface area contributed by atoms with Crippen molar-refractivity contribution in [2.45, 2.75) is 0 Å². The fourth-order valence-electron chi connectivity index (χ4n) is 8.94. The Labute approximate surface area is 280 Å². The van der Waals surface area contributed by atoms with E-state index in [4.69, 9.17) is 4.42 Å². The van der Waals surface area contributed by atoms with Gasteiger partial charge in [-0.2, -0.15) is 0 Å². The highest BCUT2D eigenvalue weighted by molar-refractivity contribution is 6.31. The highest BCUT2D eigenvalue weighted by Crippen LogP contribution is 2.50. The number of aromatic nitrogens is 2. The van der Waals surface area contributed by atoms with Crippen LogP contribution in [0.5, 0.6) is 0 Å². The summed E-state index contributed by atoms with van der Waals surface area (Å²) in [6, 6.07) is 57.4. The van der Waals surface area contributed by atoms with Crippen LogP contribution in [0.1, 0.15) is 0 Å². The van der Waals surface area contributed by atoms with Crippen molar-refractivity contribution in [1.82, 2.24) is 9.13 Å². The fraction of sp³-hybridized carbons (Fsp3) is 0. The van der Waals surface area contributed by atoms with Crippen molar-refractivity contribution < 1.29 is 4.42 Å². The number of rotatable bonds is 2. The normalized spacial score (nSPS) is 12.5. The van der Waals surface area contributed by atoms with E-state index in [9.17, 15) is 0 Å². The molecule has 8 aromatic carbocycles. The Kier molecular flexibility index (Phi) is 4.72. The molecule has 0 atom stereocenters. The molecule has 0 amide bonds. The average Bonchev–Trinajstić information content (AvgIpc) is 3.89. The maximum Gasteiger partial charge on any atom is 0.137 e. The van der Waals surface area contributed by atoms with E-state index < -0.39 is 0 Å². The van der Waals surface area contributed by atoms with Crippen LogP contribution in [0, 0.1) is 0 Å². The van der Waals surface area contributed by atoms with Gasteiger partial charge in [-0.15, -0.1) is 0 Å². The van der Waals surface area contributed by atoms with E-state index in [0.717, 1.165) is 27.6 Å². The molecular weight excluding hydrogens is 597 g/mol. The summed E-state index contributed by atoms with van der Waals surface area (Å²) in [7, 11) is 0. The number of para-hydroxylation sites is 3. The third-order valence-corrected chi connectivity index (χ3v) is 10.8. The van der Waals surface area contributed by atoms with E-state index >= 15 is 0 Å². The zero-order chi connectivity index (χ0) is 31.8. The van der Waals surface area contributed by atoms with Gasteiger partial charge in [-0.05, 0) is 76.2 Å². The number of hydrogen-bond acceptors (Lipinski definition) is 1. The topological polar surface area (TPSA) is 23.0 Å². The number of furan rings is 1. The Morgan fingerprint density at radius 1 is 0.327 bits per heavy atom. The second-order valence-electron chi connectivity index (χ2n) is 13.2. The predicted octanol–water partition coefficient (Wildman–Crippen LogP) is 12.6. The molecule has 3 heteroatoms. The lowest BCUT2D eigenvalue weighted by Crippen LogP contribution is -1.97. The SMILES string of the molecule is c1ccc(-n2c3ccc4c5ccccc5n(-c5ccc6c7c(cccc57)-c5ccccc5-6)c4c3c3ccc4oc5ccccc5c4c32)cc1. The zero-order valence-corrected chi connectivity index (χ0v) is 26.3. The smallest absolute Gasteiger partial charge is 0.137 e. The van der Waals surface area contributed by atoms with Crippen LogP contribution in [-0.4, -0.2) is 9.13 Å². The molecule has 3 heterocycles. The van der Waals surface area contributed by atoms with E-state index in [1.807, 2.05) is 6.07 Å². The summed E-state index contributed by atoms with van der Waals surface area (Å²) in [6.07, 6.45) is 0. The van der Waals surface area contributed by atoms with Crippen molar-refractivity contribution in [3.05, 3.63) is 158 Å². The third-order valence-electron chi connectivity index (χ3n) is 10.8. The minimum absolute atomic E-state index is 0.901. The Hall–Kier alpha value is -6.58. The summed E-state index contributed by atoms with van der Waals surface area (Å²) in [4.78, 5) is 0. The van der Waals surface area contributed by atoms with E-state index in [1.54, 1.807) is 0 Å². The molecule has 3 nitrogen and oxygen atoms in total. The van der Waals surface area contributed by atoms with Gasteiger partial charge in [0.2, 0.25) is 0 Å². The van der Waals surface area contributed by atoms with Gasteiger partial charge >= 0.3 is 0 Å². The van der Waals surface area contributed by atoms with Crippen LogP contribution in [0.4, 0.5) is 0 Å². The van der Waals surface area contributed by atoms with Crippen LogP contribution in [-0.2, 0) is 0 Å². The molecule has 11 aromatic rings. The third kappa shape index (κ3) is 3.13. The molecular formula is C46H26N2O. The van der Waals surface area contributed by atoms with E-state index in [1.165, 1.54) is 82.3 Å². The molecule has 0 aliphatic heterocycles. The molecule has 0 radical (unpaired) electrons. The lowest BCUT2D eigenvalue weighted by molar-refractivity contribution is 0.669. The standard InChI is InChI=1S/C46H26N2O/c1-2-11-27(12-3-1)47-39-25-22-33-30-15-6-8-19-37(30)48(38-24-21-32-29-14-5-4-13-28(29)31-17-10-18-34(38)42(31)32)45(33)43(39)36-23-26-41-44(46(36)47)35-16-7-9-20-40(35)49-41/h1-26H. The predicted molar refractivity (Wildman–Crippen MR) is 204 cm³/mol. The Morgan fingerprint density at radius 3 is 1.88 bits per heavy atom. The summed E-state index contributed by atoms with van der Waals surface area (Å²) in [5.41, 5.74) is 14.2. The summed E-state index contributed by atoms with van der Waals surface area (Å²) in [5.74, 6) is 0. The number of fused-ring (bicyclic) bond motifs is 14. The van der Waals surface area contributed by atoms with Gasteiger partial charge in [0.1, 0.15) is 11.2 Å². The van der Waals surface area contributed by atoms with Gasteiger partial charge in [-0.3, -0.25) is 0 Å². The first-order valence-corrected chi connectivity index (χ1v) is 16.9. The van der Waals surface area contributed by atoms with Crippen molar-refractivity contribution >= 4 is 76.3 Å². The first-order valence-electron chi connectivity index (χ1n) is 16.9. The Balaban J connectivity index is 1.32. The van der Waals surface area contributed by atoms with Crippen LogP contribution in [0.15, 0.2) is 162 Å². The Bertz CT molecular complexity index is 3180. The lowest BCUT2D eigenvalue weighted by Gasteiger charge is -2.14. The summed E-state index contributed by atoms with van der Waals surface area (Å²) in [5, 5.41) is 9.83. The number of benzene rings is 8. The second kappa shape index (κ2) is 9.06. The monoisotopic (exact) mass is 622 g/mol. The van der Waals surface area contributed by atoms with Crippen LogP contribution in [0.2, 0.25) is 0 Å². The average molecular weight is 623 g/mol. The van der Waals surface area contributed by atoms with Gasteiger partial charge in [0.05, 0.1) is 33.1 Å². The maximum atomic E-state index is 6.46. The minimum atomic E-state index is 0.901. The molecule has 0 spiro atoms. The number of nitrogens with zero attached hydrogens (tertiary/aromatic N) is 2. The molecule has 0 fully saturated rings. The van der Waals surface area contributed by atoms with Gasteiger partial charge in [0, 0.05) is 38.0 Å². The fourth-order valence-corrected chi connectivity index (χ4v) is 8.94. The molecule has 0 bridgehead atoms. The number of hydrogen-bond donors (Lipinski definition) is 0. The summed E-state index contributed by atoms with van der Waals surface area (Å²) < 4.78 is 11.4. The first-order chi connectivity index (χ1) is 24.3. The highest BCUT2D eigenvalue weighted by atomic mass is 16.3. The van der Waals surface area contributed by atoms with Gasteiger partial charge in [-0.1, -0.05) is 109 Å². The molecule has 0 N–H and O–H groups in total. The first kappa shape index (κ1) is 25.5. The maximum absolute atomic E-state index is 6.46. The largest absolute Gasteiger partial charge is 0.456 e. The van der Waals surface area contributed by atoms with Crippen molar-refractivity contribution in [3.8, 4) is 33.6 Å². The van der Waals surface area contributed by atoms with Gasteiger partial charge in [0.25, 0.3) is 0 Å². The van der Waals surface area contributed by atoms with Crippen LogP contribution in [0.3, 0.4) is 0 Å². The molecule has 226 valence electrons. The van der Waals surface area contributed by atoms with Crippen LogP contribution >= 0.6 is 0 Å². The highest BCUT2D eigenvalue weighted by Gasteiger charge is 2.26. The molecule has 1 aliphatic carbocycles. The van der Waals surface area contributed by atoms with Crippen molar-refractivity contribution in [2.75, 3.05) is 0 Å². The van der Waals surface area contributed by atoms with E-state index in [0.29, 0.717) is 0 Å². The van der Waals surface area contributed by atoms with E-state index in [2.05, 4.69) is 161 Å². The molecule has 0 unspecified atom stereocenters. The second-order valence-corrected chi connectivity index (χ2v) is 13.2. The van der Waals surface area contributed by atoms with Crippen molar-refractivity contribution in [3.63, 3.8) is 0 Å². The van der Waals surface area contributed by atoms with Crippen molar-refractivity contribution in [2.24, 2.45) is 0 Å². The molecule has 3 aromatic heterocycles.